The largest absolute Gasteiger partial charge is 0.295 e. The lowest BCUT2D eigenvalue weighted by molar-refractivity contribution is -0.167. The first-order valence-corrected chi connectivity index (χ1v) is 11.7. The molecular formula is C17H27NOSi. The van der Waals surface area contributed by atoms with Gasteiger partial charge in [-0.25, -0.2) is 0 Å². The average Bonchev–Trinajstić information content (AvgIpc) is 2.95. The van der Waals surface area contributed by atoms with Gasteiger partial charge in [0.1, 0.15) is 0 Å². The Morgan fingerprint density at radius 2 is 1.90 bits per heavy atom. The van der Waals surface area contributed by atoms with E-state index in [0.717, 1.165) is 12.5 Å². The van der Waals surface area contributed by atoms with Crippen molar-refractivity contribution in [2.75, 3.05) is 0 Å². The van der Waals surface area contributed by atoms with Crippen LogP contribution in [0.2, 0.25) is 25.7 Å². The van der Waals surface area contributed by atoms with Gasteiger partial charge in [0.05, 0.1) is 6.10 Å². The van der Waals surface area contributed by atoms with Gasteiger partial charge < -0.3 is 0 Å². The van der Waals surface area contributed by atoms with Crippen LogP contribution in [-0.2, 0) is 11.4 Å². The van der Waals surface area contributed by atoms with Crippen LogP contribution in [0.5, 0.6) is 0 Å². The van der Waals surface area contributed by atoms with Gasteiger partial charge in [0.15, 0.2) is 0 Å². The first kappa shape index (κ1) is 14.3. The van der Waals surface area contributed by atoms with Crippen molar-refractivity contribution in [2.24, 2.45) is 5.92 Å². The van der Waals surface area contributed by atoms with Gasteiger partial charge in [0.2, 0.25) is 0 Å². The molecule has 1 aliphatic heterocycles. The predicted molar refractivity (Wildman–Crippen MR) is 86.1 cm³/mol. The molecular weight excluding hydrogens is 262 g/mol. The number of fused-ring (bicyclic) bond motifs is 1. The molecule has 2 aliphatic rings. The van der Waals surface area contributed by atoms with Gasteiger partial charge in [0.25, 0.3) is 0 Å². The Bertz CT molecular complexity index is 442. The second-order valence-electron chi connectivity index (χ2n) is 7.63. The summed E-state index contributed by atoms with van der Waals surface area (Å²) in [4.78, 5) is 6.38. The first-order valence-electron chi connectivity index (χ1n) is 8.00. The Kier molecular flexibility index (Phi) is 4.02. The summed E-state index contributed by atoms with van der Waals surface area (Å²) < 4.78 is 0. The minimum atomic E-state index is -1.06. The van der Waals surface area contributed by atoms with Crippen molar-refractivity contribution in [2.45, 2.75) is 63.6 Å². The zero-order valence-corrected chi connectivity index (χ0v) is 14.0. The molecule has 2 nitrogen and oxygen atoms in total. The molecule has 0 bridgehead atoms. The van der Waals surface area contributed by atoms with E-state index in [0.29, 0.717) is 12.1 Å². The van der Waals surface area contributed by atoms with E-state index in [1.165, 1.54) is 30.9 Å². The summed E-state index contributed by atoms with van der Waals surface area (Å²) in [7, 11) is -1.06. The van der Waals surface area contributed by atoms with Crippen LogP contribution >= 0.6 is 0 Å². The van der Waals surface area contributed by atoms with E-state index in [1.54, 1.807) is 0 Å². The fourth-order valence-electron chi connectivity index (χ4n) is 3.80. The van der Waals surface area contributed by atoms with E-state index in [1.807, 2.05) is 0 Å². The third-order valence-corrected chi connectivity index (χ3v) is 6.27. The Morgan fingerprint density at radius 3 is 2.60 bits per heavy atom. The molecule has 3 rings (SSSR count). The topological polar surface area (TPSA) is 12.5 Å². The third-order valence-electron chi connectivity index (χ3n) is 4.64. The van der Waals surface area contributed by atoms with Crippen LogP contribution in [-0.4, -0.2) is 25.3 Å². The molecule has 0 aromatic heterocycles. The molecule has 1 aromatic rings. The minimum absolute atomic E-state index is 0.484. The van der Waals surface area contributed by atoms with E-state index < -0.39 is 8.07 Å². The molecule has 0 radical (unpaired) electrons. The van der Waals surface area contributed by atoms with Crippen LogP contribution in [0.25, 0.3) is 0 Å². The maximum atomic E-state index is 6.38. The highest BCUT2D eigenvalue weighted by Crippen LogP contribution is 2.43. The van der Waals surface area contributed by atoms with E-state index in [9.17, 15) is 0 Å². The number of hydrogen-bond acceptors (Lipinski definition) is 2. The van der Waals surface area contributed by atoms with Crippen LogP contribution in [0.1, 0.15) is 24.8 Å². The summed E-state index contributed by atoms with van der Waals surface area (Å²) in [5.74, 6) is 0.783. The minimum Gasteiger partial charge on any atom is -0.295 e. The number of hydroxylamine groups is 2. The standard InChI is InChI=1S/C17H27NOSi/c1-20(2,3)13-17-15-10-7-11-16(15)18(19-17)12-14-8-5-4-6-9-14/h4-6,8-9,15-17H,7,10-13H2,1-3H3/t15-,16+,17+/m1/s1. The molecule has 1 saturated heterocycles. The average molecular weight is 289 g/mol. The Balaban J connectivity index is 1.70. The van der Waals surface area contributed by atoms with E-state index in [4.69, 9.17) is 4.84 Å². The fraction of sp³-hybridized carbons (Fsp3) is 0.647. The Hall–Kier alpha value is -0.643. The molecule has 1 aromatic carbocycles. The summed E-state index contributed by atoms with van der Waals surface area (Å²) in [5.41, 5.74) is 1.37. The molecule has 110 valence electrons. The zero-order chi connectivity index (χ0) is 14.2. The molecule has 3 heteroatoms. The van der Waals surface area contributed by atoms with Crippen LogP contribution in [0.4, 0.5) is 0 Å². The van der Waals surface area contributed by atoms with Crippen molar-refractivity contribution in [3.63, 3.8) is 0 Å². The smallest absolute Gasteiger partial charge is 0.0814 e. The van der Waals surface area contributed by atoms with Crippen molar-refractivity contribution in [3.8, 4) is 0 Å². The molecule has 20 heavy (non-hydrogen) atoms. The molecule has 0 unspecified atom stereocenters. The summed E-state index contributed by atoms with van der Waals surface area (Å²) in [6.45, 7) is 8.32. The van der Waals surface area contributed by atoms with E-state index >= 15 is 0 Å². The number of rotatable bonds is 4. The van der Waals surface area contributed by atoms with Gasteiger partial charge in [-0.05, 0) is 24.4 Å². The summed E-state index contributed by atoms with van der Waals surface area (Å²) in [6.07, 6.45) is 4.55. The van der Waals surface area contributed by atoms with Gasteiger partial charge in [-0.3, -0.25) is 4.84 Å². The lowest BCUT2D eigenvalue weighted by Gasteiger charge is -2.24. The maximum Gasteiger partial charge on any atom is 0.0814 e. The second-order valence-corrected chi connectivity index (χ2v) is 13.2. The highest BCUT2D eigenvalue weighted by atomic mass is 28.3. The number of benzene rings is 1. The molecule has 1 saturated carbocycles. The lowest BCUT2D eigenvalue weighted by atomic mass is 9.99. The Labute approximate surface area is 124 Å². The SMILES string of the molecule is C[Si](C)(C)C[C@@H]1ON(Cc2ccccc2)[C@H]2CCC[C@@H]12. The lowest BCUT2D eigenvalue weighted by Crippen LogP contribution is -2.30. The molecule has 0 spiro atoms. The zero-order valence-electron chi connectivity index (χ0n) is 13.0. The number of nitrogens with zero attached hydrogens (tertiary/aromatic N) is 1. The number of hydrogen-bond donors (Lipinski definition) is 0. The van der Waals surface area contributed by atoms with Gasteiger partial charge >= 0.3 is 0 Å². The predicted octanol–water partition coefficient (Wildman–Crippen LogP) is 4.31. The van der Waals surface area contributed by atoms with Crippen molar-refractivity contribution in [1.82, 2.24) is 5.06 Å². The summed E-state index contributed by atoms with van der Waals surface area (Å²) >= 11 is 0. The second kappa shape index (κ2) is 5.62. The van der Waals surface area contributed by atoms with Crippen LogP contribution in [0.15, 0.2) is 30.3 Å². The van der Waals surface area contributed by atoms with Crippen molar-refractivity contribution in [3.05, 3.63) is 35.9 Å². The van der Waals surface area contributed by atoms with E-state index in [-0.39, 0.29) is 0 Å². The molecule has 2 fully saturated rings. The maximum absolute atomic E-state index is 6.38. The Morgan fingerprint density at radius 1 is 1.15 bits per heavy atom. The molecule has 0 N–H and O–H groups in total. The fourth-order valence-corrected chi connectivity index (χ4v) is 5.39. The monoisotopic (exact) mass is 289 g/mol. The van der Waals surface area contributed by atoms with Crippen LogP contribution in [0.3, 0.4) is 0 Å². The van der Waals surface area contributed by atoms with Gasteiger partial charge in [0, 0.05) is 26.6 Å². The molecule has 1 heterocycles. The van der Waals surface area contributed by atoms with Crippen molar-refractivity contribution < 1.29 is 4.84 Å². The van der Waals surface area contributed by atoms with E-state index in [2.05, 4.69) is 55.0 Å². The first-order chi connectivity index (χ1) is 9.53. The van der Waals surface area contributed by atoms with Crippen LogP contribution in [0, 0.1) is 5.92 Å². The summed E-state index contributed by atoms with van der Waals surface area (Å²) in [6, 6.07) is 12.7. The molecule has 3 atom stereocenters. The van der Waals surface area contributed by atoms with Crippen LogP contribution < -0.4 is 0 Å². The highest BCUT2D eigenvalue weighted by molar-refractivity contribution is 6.76. The van der Waals surface area contributed by atoms with Crippen molar-refractivity contribution >= 4 is 8.07 Å². The third kappa shape index (κ3) is 3.16. The van der Waals surface area contributed by atoms with Crippen molar-refractivity contribution in [1.29, 1.82) is 0 Å². The normalized spacial score (nSPS) is 30.6. The highest BCUT2D eigenvalue weighted by Gasteiger charge is 2.46. The quantitative estimate of drug-likeness (QED) is 0.766. The molecule has 1 aliphatic carbocycles. The van der Waals surface area contributed by atoms with Gasteiger partial charge in [-0.1, -0.05) is 56.4 Å². The van der Waals surface area contributed by atoms with Gasteiger partial charge in [-0.2, -0.15) is 5.06 Å². The summed E-state index contributed by atoms with van der Waals surface area (Å²) in [5, 5.41) is 2.30. The molecule has 0 amide bonds. The van der Waals surface area contributed by atoms with Gasteiger partial charge in [-0.15, -0.1) is 0 Å².